The van der Waals surface area contributed by atoms with Crippen molar-refractivity contribution < 1.29 is 30.0 Å². The molecule has 0 radical (unpaired) electrons. The lowest BCUT2D eigenvalue weighted by Crippen LogP contribution is -2.53. The van der Waals surface area contributed by atoms with Crippen molar-refractivity contribution in [1.82, 2.24) is 0 Å². The van der Waals surface area contributed by atoms with Crippen LogP contribution in [0.5, 0.6) is 11.5 Å². The summed E-state index contributed by atoms with van der Waals surface area (Å²) >= 11 is 0. The first-order valence-electron chi connectivity index (χ1n) is 6.52. The molecule has 4 N–H and O–H groups in total. The summed E-state index contributed by atoms with van der Waals surface area (Å²) in [6.45, 7) is 0. The number of phenols is 2. The molecule has 5 rings (SSSR count). The molecule has 1 fully saturated rings. The Morgan fingerprint density at radius 3 is 2.62 bits per heavy atom. The fraction of sp³-hybridized carbons (Fsp3) is 0.267. The van der Waals surface area contributed by atoms with E-state index in [-0.39, 0.29) is 29.4 Å². The van der Waals surface area contributed by atoms with Gasteiger partial charge in [-0.2, -0.15) is 0 Å². The first-order valence-corrected chi connectivity index (χ1v) is 6.52. The average molecular weight is 288 g/mol. The quantitative estimate of drug-likeness (QED) is 0.532. The van der Waals surface area contributed by atoms with Crippen LogP contribution < -0.4 is 0 Å². The van der Waals surface area contributed by atoms with Crippen LogP contribution in [0.1, 0.15) is 23.7 Å². The van der Waals surface area contributed by atoms with Crippen molar-refractivity contribution >= 4 is 5.78 Å². The molecule has 108 valence electrons. The molecule has 3 unspecified atom stereocenters. The van der Waals surface area contributed by atoms with Gasteiger partial charge in [0.25, 0.3) is 0 Å². The maximum Gasteiger partial charge on any atom is 0.177 e. The Kier molecular flexibility index (Phi) is 2.10. The zero-order valence-electron chi connectivity index (χ0n) is 10.8. The number of aromatic hydroxyl groups is 2. The molecule has 1 aromatic carbocycles. The summed E-state index contributed by atoms with van der Waals surface area (Å²) in [6.07, 6.45) is 0.907. The van der Waals surface area contributed by atoms with Gasteiger partial charge in [0.05, 0.1) is 6.10 Å². The van der Waals surface area contributed by atoms with E-state index in [2.05, 4.69) is 0 Å². The number of aliphatic hydroxyl groups excluding tert-OH is 2. The van der Waals surface area contributed by atoms with E-state index in [0.717, 1.165) is 6.08 Å². The lowest BCUT2D eigenvalue weighted by molar-refractivity contribution is -0.134. The Labute approximate surface area is 119 Å². The van der Waals surface area contributed by atoms with E-state index in [1.165, 1.54) is 18.2 Å². The van der Waals surface area contributed by atoms with E-state index in [9.17, 15) is 25.2 Å². The summed E-state index contributed by atoms with van der Waals surface area (Å²) in [7, 11) is 0. The highest BCUT2D eigenvalue weighted by Crippen LogP contribution is 2.57. The Hall–Kier alpha value is -2.47. The number of fused-ring (bicyclic) bond motifs is 1. The average Bonchev–Trinajstić information content (AvgIpc) is 2.41. The van der Waals surface area contributed by atoms with Gasteiger partial charge in [0.15, 0.2) is 17.3 Å². The van der Waals surface area contributed by atoms with E-state index in [4.69, 9.17) is 4.74 Å². The topological polar surface area (TPSA) is 107 Å². The van der Waals surface area contributed by atoms with Crippen molar-refractivity contribution in [1.29, 1.82) is 0 Å². The van der Waals surface area contributed by atoms with Crippen LogP contribution in [-0.4, -0.2) is 32.3 Å². The third kappa shape index (κ3) is 1.32. The summed E-state index contributed by atoms with van der Waals surface area (Å²) in [5, 5.41) is 39.2. The van der Waals surface area contributed by atoms with Crippen LogP contribution in [0, 0.1) is 0 Å². The van der Waals surface area contributed by atoms with Gasteiger partial charge in [0.1, 0.15) is 23.0 Å². The molecule has 1 spiro atoms. The molecule has 1 saturated heterocycles. The fourth-order valence-electron chi connectivity index (χ4n) is 3.49. The van der Waals surface area contributed by atoms with Crippen LogP contribution >= 0.6 is 0 Å². The molecule has 0 aromatic heterocycles. The number of hydrogen-bond acceptors (Lipinski definition) is 6. The molecule has 0 amide bonds. The number of carbonyl (C=O) groups is 1. The molecule has 1 aromatic rings. The third-order valence-electron chi connectivity index (χ3n) is 4.43. The van der Waals surface area contributed by atoms with Crippen LogP contribution in [0.3, 0.4) is 0 Å². The van der Waals surface area contributed by atoms with Crippen molar-refractivity contribution in [2.45, 2.75) is 24.0 Å². The summed E-state index contributed by atoms with van der Waals surface area (Å²) < 4.78 is 5.65. The standard InChI is InChI=1S/C15H12O6/c16-6-1-12(20)15-5-11(19)14(21-13(15)2-6)7-3-9(17)10(18)4-8(7)15/h1-4,11,14,16-19H,5H2. The number of benzene rings is 1. The predicted molar refractivity (Wildman–Crippen MR) is 69.7 cm³/mol. The van der Waals surface area contributed by atoms with Gasteiger partial charge in [0.2, 0.25) is 0 Å². The summed E-state index contributed by atoms with van der Waals surface area (Å²) in [4.78, 5) is 12.5. The molecular weight excluding hydrogens is 276 g/mol. The number of aliphatic hydroxyl groups is 2. The summed E-state index contributed by atoms with van der Waals surface area (Å²) in [5.74, 6) is -1.02. The van der Waals surface area contributed by atoms with Crippen LogP contribution in [0.2, 0.25) is 0 Å². The first kappa shape index (κ1) is 12.3. The van der Waals surface area contributed by atoms with E-state index in [1.54, 1.807) is 0 Å². The number of allylic oxidation sites excluding steroid dienone is 3. The zero-order chi connectivity index (χ0) is 14.9. The second kappa shape index (κ2) is 3.59. The molecule has 2 bridgehead atoms. The zero-order valence-corrected chi connectivity index (χ0v) is 10.8. The highest BCUT2D eigenvalue weighted by Gasteiger charge is 2.59. The number of rotatable bonds is 0. The monoisotopic (exact) mass is 288 g/mol. The molecule has 0 saturated carbocycles. The van der Waals surface area contributed by atoms with Crippen molar-refractivity contribution in [2.24, 2.45) is 0 Å². The van der Waals surface area contributed by atoms with Gasteiger partial charge in [0, 0.05) is 24.1 Å². The van der Waals surface area contributed by atoms with Crippen LogP contribution in [0.4, 0.5) is 0 Å². The van der Waals surface area contributed by atoms with Crippen molar-refractivity contribution in [3.8, 4) is 11.5 Å². The third-order valence-corrected chi connectivity index (χ3v) is 4.43. The predicted octanol–water partition coefficient (Wildman–Crippen LogP) is 1.08. The lowest BCUT2D eigenvalue weighted by atomic mass is 9.61. The minimum Gasteiger partial charge on any atom is -0.508 e. The molecule has 6 heteroatoms. The van der Waals surface area contributed by atoms with Gasteiger partial charge in [-0.15, -0.1) is 0 Å². The van der Waals surface area contributed by atoms with Gasteiger partial charge in [-0.1, -0.05) is 0 Å². The molecule has 2 aliphatic carbocycles. The Morgan fingerprint density at radius 1 is 1.14 bits per heavy atom. The fourth-order valence-corrected chi connectivity index (χ4v) is 3.49. The van der Waals surface area contributed by atoms with Crippen LogP contribution in [-0.2, 0) is 14.9 Å². The Morgan fingerprint density at radius 2 is 1.86 bits per heavy atom. The van der Waals surface area contributed by atoms with E-state index in [1.807, 2.05) is 0 Å². The lowest BCUT2D eigenvalue weighted by Gasteiger charge is -2.50. The van der Waals surface area contributed by atoms with E-state index < -0.39 is 23.4 Å². The largest absolute Gasteiger partial charge is 0.508 e. The number of ketones is 1. The number of hydrogen-bond donors (Lipinski definition) is 4. The minimum absolute atomic E-state index is 0.114. The van der Waals surface area contributed by atoms with Crippen molar-refractivity contribution in [3.05, 3.63) is 46.9 Å². The molecule has 6 nitrogen and oxygen atoms in total. The Balaban J connectivity index is 2.05. The molecule has 2 heterocycles. The number of ether oxygens (including phenoxy) is 1. The molecule has 2 aliphatic heterocycles. The second-order valence-corrected chi connectivity index (χ2v) is 5.59. The second-order valence-electron chi connectivity index (χ2n) is 5.59. The first-order chi connectivity index (χ1) is 9.93. The van der Waals surface area contributed by atoms with E-state index in [0.29, 0.717) is 11.1 Å². The molecule has 3 atom stereocenters. The van der Waals surface area contributed by atoms with Crippen LogP contribution in [0.25, 0.3) is 0 Å². The van der Waals surface area contributed by atoms with Gasteiger partial charge in [-0.3, -0.25) is 4.79 Å². The number of carbonyl (C=O) groups excluding carboxylic acids is 1. The summed E-state index contributed by atoms with van der Waals surface area (Å²) in [6, 6.07) is 2.63. The molecular formula is C15H12O6. The number of phenolic OH excluding ortho intramolecular Hbond substituents is 2. The van der Waals surface area contributed by atoms with Crippen LogP contribution in [0.15, 0.2) is 35.8 Å². The molecule has 4 aliphatic rings. The maximum absolute atomic E-state index is 12.5. The van der Waals surface area contributed by atoms with Gasteiger partial charge in [-0.25, -0.2) is 0 Å². The van der Waals surface area contributed by atoms with Gasteiger partial charge >= 0.3 is 0 Å². The highest BCUT2D eigenvalue weighted by atomic mass is 16.5. The maximum atomic E-state index is 12.5. The Bertz CT molecular complexity index is 747. The van der Waals surface area contributed by atoms with Gasteiger partial charge < -0.3 is 25.2 Å². The van der Waals surface area contributed by atoms with E-state index >= 15 is 0 Å². The normalized spacial score (nSPS) is 32.7. The van der Waals surface area contributed by atoms with Crippen molar-refractivity contribution in [2.75, 3.05) is 0 Å². The SMILES string of the molecule is O=C1C=C(O)C=C2OC3c4cc(O)c(O)cc4C12CC3O. The smallest absolute Gasteiger partial charge is 0.177 e. The van der Waals surface area contributed by atoms with Crippen molar-refractivity contribution in [3.63, 3.8) is 0 Å². The van der Waals surface area contributed by atoms with Gasteiger partial charge in [-0.05, 0) is 17.7 Å². The highest BCUT2D eigenvalue weighted by molar-refractivity contribution is 6.04. The molecule has 21 heavy (non-hydrogen) atoms. The minimum atomic E-state index is -1.25. The summed E-state index contributed by atoms with van der Waals surface area (Å²) in [5.41, 5.74) is -0.273.